The summed E-state index contributed by atoms with van der Waals surface area (Å²) in [5.41, 5.74) is 2.21. The molecule has 3 fully saturated rings. The second kappa shape index (κ2) is 6.64. The molecule has 4 rings (SSSR count). The normalized spacial score (nSPS) is 46.9. The molecular weight excluding hydrogens is 334 g/mol. The number of nitrogens with zero attached hydrogens (tertiary/aromatic N) is 1. The first kappa shape index (κ1) is 19.0. The second-order valence-electron chi connectivity index (χ2n) is 10.4. The van der Waals surface area contributed by atoms with Crippen LogP contribution in [0.25, 0.3) is 0 Å². The summed E-state index contributed by atoms with van der Waals surface area (Å²) >= 11 is 0. The van der Waals surface area contributed by atoms with Crippen molar-refractivity contribution in [3.8, 4) is 6.07 Å². The Morgan fingerprint density at radius 3 is 2.70 bits per heavy atom. The highest BCUT2D eigenvalue weighted by atomic mass is 16.5. The van der Waals surface area contributed by atoms with Crippen LogP contribution in [0.5, 0.6) is 0 Å². The molecule has 0 spiro atoms. The molecule has 3 nitrogen and oxygen atoms in total. The molecule has 0 aromatic rings. The number of allylic oxidation sites excluding steroid dienone is 1. The van der Waals surface area contributed by atoms with Crippen LogP contribution in [0.15, 0.2) is 11.6 Å². The van der Waals surface area contributed by atoms with Gasteiger partial charge in [0.1, 0.15) is 6.10 Å². The molecule has 0 amide bonds. The number of rotatable bonds is 2. The summed E-state index contributed by atoms with van der Waals surface area (Å²) in [7, 11) is 0. The highest BCUT2D eigenvalue weighted by Crippen LogP contribution is 2.67. The maximum Gasteiger partial charge on any atom is 0.302 e. The minimum absolute atomic E-state index is 0.0829. The molecule has 4 aliphatic rings. The van der Waals surface area contributed by atoms with E-state index in [2.05, 4.69) is 32.9 Å². The van der Waals surface area contributed by atoms with E-state index in [0.717, 1.165) is 37.0 Å². The summed E-state index contributed by atoms with van der Waals surface area (Å²) in [4.78, 5) is 11.4. The molecule has 0 N–H and O–H groups in total. The summed E-state index contributed by atoms with van der Waals surface area (Å²) in [6, 6.07) is 2.56. The number of carbonyl (C=O) groups is 1. The molecular formula is C24H35NO2. The van der Waals surface area contributed by atoms with Gasteiger partial charge in [-0.3, -0.25) is 4.79 Å². The van der Waals surface area contributed by atoms with E-state index in [4.69, 9.17) is 4.74 Å². The number of nitriles is 1. The Hall–Kier alpha value is -1.30. The molecule has 0 radical (unpaired) electrons. The molecule has 8 atom stereocenters. The fourth-order valence-corrected chi connectivity index (χ4v) is 7.91. The van der Waals surface area contributed by atoms with Crippen molar-refractivity contribution in [2.24, 2.45) is 40.4 Å². The molecule has 0 aromatic carbocycles. The monoisotopic (exact) mass is 369 g/mol. The van der Waals surface area contributed by atoms with Crippen LogP contribution in [0, 0.1) is 51.8 Å². The highest BCUT2D eigenvalue weighted by molar-refractivity contribution is 5.66. The van der Waals surface area contributed by atoms with Crippen molar-refractivity contribution in [1.29, 1.82) is 5.26 Å². The van der Waals surface area contributed by atoms with Gasteiger partial charge in [0, 0.05) is 19.3 Å². The Bertz CT molecular complexity index is 691. The van der Waals surface area contributed by atoms with Gasteiger partial charge in [0.25, 0.3) is 0 Å². The van der Waals surface area contributed by atoms with Crippen molar-refractivity contribution < 1.29 is 9.53 Å². The second-order valence-corrected chi connectivity index (χ2v) is 10.4. The minimum Gasteiger partial charge on any atom is -0.462 e. The van der Waals surface area contributed by atoms with Crippen LogP contribution in [-0.2, 0) is 9.53 Å². The topological polar surface area (TPSA) is 50.1 Å². The SMILES string of the molecule is CC(=O)O[C@H]1CC[C@@]2(C)C(=CC[C@H]3[C@@H]4CC[C@H]([C@@H](C)C#N)[C@@]4(C)CC[C@@H]32)C1. The Labute approximate surface area is 164 Å². The summed E-state index contributed by atoms with van der Waals surface area (Å²) in [6.07, 6.45) is 12.0. The molecule has 0 unspecified atom stereocenters. The molecule has 0 aromatic heterocycles. The Morgan fingerprint density at radius 2 is 2.00 bits per heavy atom. The zero-order valence-electron chi connectivity index (χ0n) is 17.5. The number of fused-ring (bicyclic) bond motifs is 5. The van der Waals surface area contributed by atoms with Gasteiger partial charge in [0.05, 0.1) is 6.07 Å². The zero-order chi connectivity index (χ0) is 19.4. The number of ether oxygens (including phenoxy) is 1. The smallest absolute Gasteiger partial charge is 0.302 e. The van der Waals surface area contributed by atoms with Crippen molar-refractivity contribution in [2.75, 3.05) is 0 Å². The lowest BCUT2D eigenvalue weighted by Crippen LogP contribution is -2.51. The molecule has 0 saturated heterocycles. The quantitative estimate of drug-likeness (QED) is 0.466. The fraction of sp³-hybridized carbons (Fsp3) is 0.833. The van der Waals surface area contributed by atoms with Gasteiger partial charge < -0.3 is 4.74 Å². The lowest BCUT2D eigenvalue weighted by Gasteiger charge is -2.58. The first-order chi connectivity index (χ1) is 12.8. The predicted molar refractivity (Wildman–Crippen MR) is 106 cm³/mol. The van der Waals surface area contributed by atoms with Crippen molar-refractivity contribution in [1.82, 2.24) is 0 Å². The van der Waals surface area contributed by atoms with Gasteiger partial charge in [-0.1, -0.05) is 25.5 Å². The van der Waals surface area contributed by atoms with E-state index in [-0.39, 0.29) is 18.0 Å². The summed E-state index contributed by atoms with van der Waals surface area (Å²) in [5.74, 6) is 2.93. The van der Waals surface area contributed by atoms with E-state index in [0.29, 0.717) is 16.7 Å². The maximum atomic E-state index is 11.4. The minimum atomic E-state index is -0.144. The van der Waals surface area contributed by atoms with Crippen LogP contribution in [0.3, 0.4) is 0 Å². The van der Waals surface area contributed by atoms with Crippen LogP contribution in [-0.4, -0.2) is 12.1 Å². The maximum absolute atomic E-state index is 11.4. The number of hydrogen-bond donors (Lipinski definition) is 0. The average Bonchev–Trinajstić information content (AvgIpc) is 2.98. The predicted octanol–water partition coefficient (Wildman–Crippen LogP) is 5.66. The van der Waals surface area contributed by atoms with Crippen LogP contribution < -0.4 is 0 Å². The van der Waals surface area contributed by atoms with E-state index in [1.165, 1.54) is 39.0 Å². The fourth-order valence-electron chi connectivity index (χ4n) is 7.91. The molecule has 4 aliphatic carbocycles. The van der Waals surface area contributed by atoms with E-state index < -0.39 is 0 Å². The first-order valence-corrected chi connectivity index (χ1v) is 11.1. The summed E-state index contributed by atoms with van der Waals surface area (Å²) in [6.45, 7) is 8.66. The van der Waals surface area contributed by atoms with Gasteiger partial charge in [-0.05, 0) is 86.4 Å². The lowest BCUT2D eigenvalue weighted by molar-refractivity contribution is -0.148. The van der Waals surface area contributed by atoms with E-state index in [9.17, 15) is 10.1 Å². The third-order valence-corrected chi connectivity index (χ3v) is 9.27. The molecule has 3 saturated carbocycles. The zero-order valence-corrected chi connectivity index (χ0v) is 17.5. The Morgan fingerprint density at radius 1 is 1.22 bits per heavy atom. The third kappa shape index (κ3) is 2.86. The van der Waals surface area contributed by atoms with E-state index >= 15 is 0 Å². The van der Waals surface area contributed by atoms with Gasteiger partial charge in [-0.25, -0.2) is 0 Å². The van der Waals surface area contributed by atoms with Crippen molar-refractivity contribution in [2.45, 2.75) is 85.2 Å². The Kier molecular flexibility index (Phi) is 4.68. The van der Waals surface area contributed by atoms with Crippen molar-refractivity contribution in [3.05, 3.63) is 11.6 Å². The van der Waals surface area contributed by atoms with Crippen LogP contribution in [0.4, 0.5) is 0 Å². The van der Waals surface area contributed by atoms with Crippen LogP contribution in [0.1, 0.15) is 79.1 Å². The Balaban J connectivity index is 1.58. The number of hydrogen-bond acceptors (Lipinski definition) is 3. The standard InChI is InChI=1S/C24H35NO2/c1-15(14-25)20-7-8-21-19-6-5-17-13-18(27-16(2)26)9-11-23(17,3)22(19)10-12-24(20,21)4/h5,15,18-22H,6-13H2,1-4H3/t15-,18-,19-,20+,21-,22-,23-,24+/m0/s1. The van der Waals surface area contributed by atoms with Crippen molar-refractivity contribution in [3.63, 3.8) is 0 Å². The van der Waals surface area contributed by atoms with Gasteiger partial charge in [0.15, 0.2) is 0 Å². The van der Waals surface area contributed by atoms with Crippen molar-refractivity contribution >= 4 is 5.97 Å². The van der Waals surface area contributed by atoms with Crippen LogP contribution >= 0.6 is 0 Å². The van der Waals surface area contributed by atoms with Gasteiger partial charge in [0.2, 0.25) is 0 Å². The number of esters is 1. The molecule has 3 heteroatoms. The molecule has 0 bridgehead atoms. The van der Waals surface area contributed by atoms with E-state index in [1.807, 2.05) is 0 Å². The lowest BCUT2D eigenvalue weighted by atomic mass is 9.47. The summed E-state index contributed by atoms with van der Waals surface area (Å²) in [5, 5.41) is 9.52. The van der Waals surface area contributed by atoms with Gasteiger partial charge in [-0.2, -0.15) is 5.26 Å². The first-order valence-electron chi connectivity index (χ1n) is 11.1. The average molecular weight is 370 g/mol. The van der Waals surface area contributed by atoms with Crippen LogP contribution in [0.2, 0.25) is 0 Å². The molecule has 27 heavy (non-hydrogen) atoms. The number of carbonyl (C=O) groups excluding carboxylic acids is 1. The van der Waals surface area contributed by atoms with Gasteiger partial charge >= 0.3 is 5.97 Å². The summed E-state index contributed by atoms with van der Waals surface area (Å²) < 4.78 is 5.55. The largest absolute Gasteiger partial charge is 0.462 e. The highest BCUT2D eigenvalue weighted by Gasteiger charge is 2.59. The molecule has 148 valence electrons. The third-order valence-electron chi connectivity index (χ3n) is 9.27. The van der Waals surface area contributed by atoms with E-state index in [1.54, 1.807) is 5.57 Å². The van der Waals surface area contributed by atoms with Gasteiger partial charge in [-0.15, -0.1) is 0 Å². The molecule has 0 aliphatic heterocycles. The molecule has 0 heterocycles.